The third kappa shape index (κ3) is 3.03. The lowest BCUT2D eigenvalue weighted by Crippen LogP contribution is -2.21. The molecule has 0 radical (unpaired) electrons. The highest BCUT2D eigenvalue weighted by molar-refractivity contribution is 7.91. The van der Waals surface area contributed by atoms with Crippen molar-refractivity contribution in [2.45, 2.75) is 17.1 Å². The van der Waals surface area contributed by atoms with Gasteiger partial charge >= 0.3 is 0 Å². The number of ether oxygens (including phenoxy) is 1. The Balaban J connectivity index is 2.33. The monoisotopic (exact) mass is 311 g/mol. The maximum atomic E-state index is 12.6. The summed E-state index contributed by atoms with van der Waals surface area (Å²) >= 11 is 1.40. The van der Waals surface area contributed by atoms with E-state index >= 15 is 0 Å². The first-order chi connectivity index (χ1) is 9.59. The lowest BCUT2D eigenvalue weighted by Gasteiger charge is -2.14. The summed E-state index contributed by atoms with van der Waals surface area (Å²) in [6.45, 7) is 2.49. The molecule has 0 aliphatic heterocycles. The molecule has 2 aromatic rings. The van der Waals surface area contributed by atoms with Crippen LogP contribution in [0.3, 0.4) is 0 Å². The van der Waals surface area contributed by atoms with Gasteiger partial charge in [0.05, 0.1) is 11.5 Å². The van der Waals surface area contributed by atoms with E-state index in [2.05, 4.69) is 0 Å². The van der Waals surface area contributed by atoms with Gasteiger partial charge in [0.1, 0.15) is 11.0 Å². The molecule has 1 aromatic carbocycles. The molecule has 0 aliphatic rings. The smallest absolute Gasteiger partial charge is 0.187 e. The van der Waals surface area contributed by atoms with Gasteiger partial charge in [0, 0.05) is 11.4 Å². The van der Waals surface area contributed by atoms with Crippen LogP contribution in [0.25, 0.3) is 0 Å². The molecule has 0 spiro atoms. The minimum Gasteiger partial charge on any atom is -0.494 e. The fourth-order valence-electron chi connectivity index (χ4n) is 1.93. The van der Waals surface area contributed by atoms with Crippen molar-refractivity contribution < 1.29 is 13.2 Å². The van der Waals surface area contributed by atoms with Gasteiger partial charge in [-0.2, -0.15) is 0 Å². The predicted octanol–water partition coefficient (Wildman–Crippen LogP) is 2.62. The van der Waals surface area contributed by atoms with E-state index in [0.29, 0.717) is 12.4 Å². The van der Waals surface area contributed by atoms with E-state index in [0.717, 1.165) is 4.88 Å². The number of hydrogen-bond acceptors (Lipinski definition) is 5. The van der Waals surface area contributed by atoms with Gasteiger partial charge in [-0.25, -0.2) is 8.42 Å². The molecule has 4 nitrogen and oxygen atoms in total. The summed E-state index contributed by atoms with van der Waals surface area (Å²) in [5.74, 6) is 0.659. The summed E-state index contributed by atoms with van der Waals surface area (Å²) in [6, 6.07) is 10.1. The van der Waals surface area contributed by atoms with E-state index in [1.54, 1.807) is 30.3 Å². The predicted molar refractivity (Wildman–Crippen MR) is 80.9 cm³/mol. The van der Waals surface area contributed by atoms with Crippen LogP contribution in [-0.4, -0.2) is 21.6 Å². The molecule has 1 aromatic heterocycles. The number of nitrogens with two attached hydrogens (primary N) is 1. The number of hydrogen-bond donors (Lipinski definition) is 1. The molecule has 0 bridgehead atoms. The summed E-state index contributed by atoms with van der Waals surface area (Å²) in [5.41, 5.74) is 5.67. The van der Waals surface area contributed by atoms with Crippen LogP contribution in [-0.2, 0) is 9.84 Å². The van der Waals surface area contributed by atoms with Crippen molar-refractivity contribution in [3.63, 3.8) is 0 Å². The molecule has 0 amide bonds. The van der Waals surface area contributed by atoms with Crippen molar-refractivity contribution in [1.82, 2.24) is 0 Å². The summed E-state index contributed by atoms with van der Waals surface area (Å²) in [6.07, 6.45) is 0. The topological polar surface area (TPSA) is 69.4 Å². The van der Waals surface area contributed by atoms with Crippen LogP contribution < -0.4 is 10.5 Å². The lowest BCUT2D eigenvalue weighted by atomic mass is 10.3. The van der Waals surface area contributed by atoms with E-state index < -0.39 is 15.1 Å². The molecule has 2 N–H and O–H groups in total. The van der Waals surface area contributed by atoms with Crippen molar-refractivity contribution in [2.24, 2.45) is 5.73 Å². The third-order valence-corrected chi connectivity index (χ3v) is 6.17. The summed E-state index contributed by atoms with van der Waals surface area (Å²) < 4.78 is 30.5. The van der Waals surface area contributed by atoms with Crippen molar-refractivity contribution in [2.75, 3.05) is 13.2 Å². The second kappa shape index (κ2) is 6.39. The SMILES string of the molecule is CCOc1ccc(S(=O)(=O)C(CN)c2cccs2)cc1. The first-order valence-corrected chi connectivity index (χ1v) is 8.72. The molecule has 1 unspecified atom stereocenters. The van der Waals surface area contributed by atoms with Crippen LogP contribution in [0.2, 0.25) is 0 Å². The molecule has 0 fully saturated rings. The quantitative estimate of drug-likeness (QED) is 0.890. The first-order valence-electron chi connectivity index (χ1n) is 6.29. The van der Waals surface area contributed by atoms with Gasteiger partial charge in [0.15, 0.2) is 9.84 Å². The minimum absolute atomic E-state index is 0.0655. The second-order valence-corrected chi connectivity index (χ2v) is 7.30. The lowest BCUT2D eigenvalue weighted by molar-refractivity contribution is 0.340. The van der Waals surface area contributed by atoms with E-state index in [1.807, 2.05) is 18.4 Å². The third-order valence-electron chi connectivity index (χ3n) is 2.91. The highest BCUT2D eigenvalue weighted by atomic mass is 32.2. The highest BCUT2D eigenvalue weighted by Crippen LogP contribution is 2.31. The maximum absolute atomic E-state index is 12.6. The molecule has 0 aliphatic carbocycles. The zero-order valence-electron chi connectivity index (χ0n) is 11.2. The average molecular weight is 311 g/mol. The van der Waals surface area contributed by atoms with Crippen LogP contribution in [0.4, 0.5) is 0 Å². The molecule has 20 heavy (non-hydrogen) atoms. The van der Waals surface area contributed by atoms with Crippen molar-refractivity contribution >= 4 is 21.2 Å². The normalized spacial score (nSPS) is 13.1. The zero-order chi connectivity index (χ0) is 14.6. The Labute approximate surface area is 123 Å². The fraction of sp³-hybridized carbons (Fsp3) is 0.286. The summed E-state index contributed by atoms with van der Waals surface area (Å²) in [7, 11) is -3.48. The van der Waals surface area contributed by atoms with E-state index in [9.17, 15) is 8.42 Å². The Morgan fingerprint density at radius 2 is 1.95 bits per heavy atom. The minimum atomic E-state index is -3.48. The van der Waals surface area contributed by atoms with E-state index in [1.165, 1.54) is 11.3 Å². The van der Waals surface area contributed by atoms with Crippen molar-refractivity contribution in [3.8, 4) is 5.75 Å². The zero-order valence-corrected chi connectivity index (χ0v) is 12.8. The summed E-state index contributed by atoms with van der Waals surface area (Å²) in [4.78, 5) is 1.03. The van der Waals surface area contributed by atoms with Gasteiger partial charge in [-0.15, -0.1) is 11.3 Å². The van der Waals surface area contributed by atoms with Crippen LogP contribution >= 0.6 is 11.3 Å². The Bertz CT molecular complexity index is 634. The van der Waals surface area contributed by atoms with Gasteiger partial charge in [0.25, 0.3) is 0 Å². The number of sulfone groups is 1. The molecular weight excluding hydrogens is 294 g/mol. The molecule has 1 heterocycles. The Morgan fingerprint density at radius 3 is 2.45 bits per heavy atom. The highest BCUT2D eigenvalue weighted by Gasteiger charge is 2.28. The largest absolute Gasteiger partial charge is 0.494 e. The van der Waals surface area contributed by atoms with Gasteiger partial charge in [0.2, 0.25) is 0 Å². The van der Waals surface area contributed by atoms with Crippen LogP contribution in [0.5, 0.6) is 5.75 Å². The Kier molecular flexibility index (Phi) is 4.80. The standard InChI is InChI=1S/C14H17NO3S2/c1-2-18-11-5-7-12(8-6-11)20(16,17)14(10-15)13-4-3-9-19-13/h3-9,14H,2,10,15H2,1H3. The van der Waals surface area contributed by atoms with E-state index in [-0.39, 0.29) is 11.4 Å². The van der Waals surface area contributed by atoms with Crippen LogP contribution in [0.15, 0.2) is 46.7 Å². The first kappa shape index (κ1) is 15.0. The Hall–Kier alpha value is -1.37. The molecule has 6 heteroatoms. The van der Waals surface area contributed by atoms with Crippen LogP contribution in [0, 0.1) is 0 Å². The fourth-order valence-corrected chi connectivity index (χ4v) is 4.67. The van der Waals surface area contributed by atoms with Gasteiger partial charge in [-0.3, -0.25) is 0 Å². The second-order valence-electron chi connectivity index (χ2n) is 4.19. The van der Waals surface area contributed by atoms with E-state index in [4.69, 9.17) is 10.5 Å². The van der Waals surface area contributed by atoms with Gasteiger partial charge < -0.3 is 10.5 Å². The van der Waals surface area contributed by atoms with Crippen molar-refractivity contribution in [1.29, 1.82) is 0 Å². The van der Waals surface area contributed by atoms with Crippen LogP contribution in [0.1, 0.15) is 17.1 Å². The maximum Gasteiger partial charge on any atom is 0.187 e. The molecule has 1 atom stereocenters. The molecule has 108 valence electrons. The summed E-state index contributed by atoms with van der Waals surface area (Å²) in [5, 5.41) is 1.16. The number of benzene rings is 1. The number of rotatable bonds is 6. The molecule has 0 saturated heterocycles. The van der Waals surface area contributed by atoms with Gasteiger partial charge in [-0.1, -0.05) is 6.07 Å². The van der Waals surface area contributed by atoms with Gasteiger partial charge in [-0.05, 0) is 42.6 Å². The molecule has 0 saturated carbocycles. The molecule has 2 rings (SSSR count). The average Bonchev–Trinajstić information content (AvgIpc) is 2.94. The Morgan fingerprint density at radius 1 is 1.25 bits per heavy atom. The van der Waals surface area contributed by atoms with Crippen molar-refractivity contribution in [3.05, 3.63) is 46.7 Å². The number of thiophene rings is 1. The molecular formula is C14H17NO3S2.